The van der Waals surface area contributed by atoms with Crippen LogP contribution >= 0.6 is 11.3 Å². The van der Waals surface area contributed by atoms with E-state index in [1.807, 2.05) is 0 Å². The van der Waals surface area contributed by atoms with Crippen LogP contribution in [0, 0.1) is 0 Å². The van der Waals surface area contributed by atoms with Crippen LogP contribution in [0.4, 0.5) is 0 Å². The largest absolute Gasteiger partial charge is 0.357 e. The van der Waals surface area contributed by atoms with Crippen molar-refractivity contribution < 1.29 is 0 Å². The highest BCUT2D eigenvalue weighted by Crippen LogP contribution is 2.14. The number of nitrogens with zero attached hydrogens (tertiary/aromatic N) is 4. The maximum atomic E-state index is 4.63. The second-order valence-electron chi connectivity index (χ2n) is 5.24. The first-order valence-electron chi connectivity index (χ1n) is 7.82. The molecule has 0 bridgehead atoms. The summed E-state index contributed by atoms with van der Waals surface area (Å²) in [5.74, 6) is 2.90. The highest BCUT2D eigenvalue weighted by molar-refractivity contribution is 7.09. The zero-order valence-electron chi connectivity index (χ0n) is 12.9. The van der Waals surface area contributed by atoms with E-state index < -0.39 is 0 Å². The van der Waals surface area contributed by atoms with Crippen LogP contribution in [0.1, 0.15) is 29.9 Å². The molecule has 1 aliphatic rings. The van der Waals surface area contributed by atoms with E-state index in [9.17, 15) is 0 Å². The van der Waals surface area contributed by atoms with E-state index >= 15 is 0 Å². The third-order valence-corrected chi connectivity index (χ3v) is 4.59. The number of aromatic nitrogens is 3. The summed E-state index contributed by atoms with van der Waals surface area (Å²) in [6.07, 6.45) is 3.22. The number of fused-ring (bicyclic) bond motifs is 1. The van der Waals surface area contributed by atoms with Crippen molar-refractivity contribution in [2.24, 2.45) is 4.99 Å². The standard InChI is InChI=1S/C15H22N6S/c1-2-16-15(17-8-7-12-5-4-10-22-12)18-11-14-20-19-13-6-3-9-21(13)14/h4-5,10H,2-3,6-9,11H2,1H3,(H2,16,17,18). The number of nitrogens with one attached hydrogen (secondary N) is 2. The van der Waals surface area contributed by atoms with Gasteiger partial charge in [-0.25, -0.2) is 4.99 Å². The lowest BCUT2D eigenvalue weighted by molar-refractivity contribution is 0.684. The Morgan fingerprint density at radius 3 is 3.18 bits per heavy atom. The van der Waals surface area contributed by atoms with Crippen molar-refractivity contribution in [2.45, 2.75) is 39.3 Å². The van der Waals surface area contributed by atoms with Crippen LogP contribution in [0.2, 0.25) is 0 Å². The van der Waals surface area contributed by atoms with Gasteiger partial charge in [-0.2, -0.15) is 0 Å². The zero-order valence-corrected chi connectivity index (χ0v) is 13.7. The molecule has 0 radical (unpaired) electrons. The summed E-state index contributed by atoms with van der Waals surface area (Å²) < 4.78 is 2.19. The summed E-state index contributed by atoms with van der Waals surface area (Å²) in [4.78, 5) is 6.01. The molecule has 2 N–H and O–H groups in total. The van der Waals surface area contributed by atoms with Gasteiger partial charge < -0.3 is 15.2 Å². The van der Waals surface area contributed by atoms with Crippen molar-refractivity contribution in [3.63, 3.8) is 0 Å². The first-order valence-corrected chi connectivity index (χ1v) is 8.70. The van der Waals surface area contributed by atoms with Crippen LogP contribution in [0.5, 0.6) is 0 Å². The third kappa shape index (κ3) is 3.65. The molecule has 0 spiro atoms. The molecule has 0 aliphatic carbocycles. The molecule has 0 unspecified atom stereocenters. The number of rotatable bonds is 6. The fraction of sp³-hybridized carbons (Fsp3) is 0.533. The SMILES string of the molecule is CCNC(=NCc1nnc2n1CCC2)NCCc1cccs1. The van der Waals surface area contributed by atoms with E-state index in [4.69, 9.17) is 0 Å². The molecule has 3 heterocycles. The first kappa shape index (κ1) is 15.0. The Bertz CT molecular complexity index is 616. The zero-order chi connectivity index (χ0) is 15.2. The normalized spacial score (nSPS) is 14.1. The van der Waals surface area contributed by atoms with Gasteiger partial charge in [-0.05, 0) is 31.2 Å². The highest BCUT2D eigenvalue weighted by Gasteiger charge is 2.16. The minimum atomic E-state index is 0.571. The Balaban J connectivity index is 1.55. The van der Waals surface area contributed by atoms with E-state index in [2.05, 4.69) is 54.8 Å². The summed E-state index contributed by atoms with van der Waals surface area (Å²) >= 11 is 1.79. The molecule has 0 fully saturated rings. The number of guanidine groups is 1. The number of hydrogen-bond acceptors (Lipinski definition) is 4. The summed E-state index contributed by atoms with van der Waals surface area (Å²) in [6.45, 7) is 5.40. The van der Waals surface area contributed by atoms with E-state index in [-0.39, 0.29) is 0 Å². The van der Waals surface area contributed by atoms with Gasteiger partial charge in [-0.3, -0.25) is 0 Å². The van der Waals surface area contributed by atoms with Crippen molar-refractivity contribution in [2.75, 3.05) is 13.1 Å². The van der Waals surface area contributed by atoms with E-state index in [0.29, 0.717) is 6.54 Å². The average molecular weight is 318 g/mol. The lowest BCUT2D eigenvalue weighted by Crippen LogP contribution is -2.38. The van der Waals surface area contributed by atoms with Gasteiger partial charge in [0.15, 0.2) is 11.8 Å². The third-order valence-electron chi connectivity index (χ3n) is 3.65. The first-order chi connectivity index (χ1) is 10.9. The highest BCUT2D eigenvalue weighted by atomic mass is 32.1. The lowest BCUT2D eigenvalue weighted by Gasteiger charge is -2.10. The maximum absolute atomic E-state index is 4.63. The molecule has 0 saturated carbocycles. The van der Waals surface area contributed by atoms with Crippen LogP contribution < -0.4 is 10.6 Å². The van der Waals surface area contributed by atoms with Crippen LogP contribution in [0.15, 0.2) is 22.5 Å². The Kier molecular flexibility index (Phi) is 5.05. The van der Waals surface area contributed by atoms with Gasteiger partial charge in [0.1, 0.15) is 12.4 Å². The molecule has 6 nitrogen and oxygen atoms in total. The molecule has 7 heteroatoms. The topological polar surface area (TPSA) is 67.1 Å². The molecule has 3 rings (SSSR count). The number of aryl methyl sites for hydroxylation is 1. The van der Waals surface area contributed by atoms with Crippen LogP contribution in [0.25, 0.3) is 0 Å². The smallest absolute Gasteiger partial charge is 0.191 e. The van der Waals surface area contributed by atoms with Gasteiger partial charge in [0.05, 0.1) is 0 Å². The van der Waals surface area contributed by atoms with Crippen LogP contribution in [0.3, 0.4) is 0 Å². The second-order valence-corrected chi connectivity index (χ2v) is 6.27. The second kappa shape index (κ2) is 7.40. The minimum absolute atomic E-state index is 0.571. The van der Waals surface area contributed by atoms with Gasteiger partial charge in [-0.15, -0.1) is 21.5 Å². The van der Waals surface area contributed by atoms with Crippen molar-refractivity contribution in [1.82, 2.24) is 25.4 Å². The monoisotopic (exact) mass is 318 g/mol. The molecule has 0 saturated heterocycles. The maximum Gasteiger partial charge on any atom is 0.191 e. The summed E-state index contributed by atoms with van der Waals surface area (Å²) in [6, 6.07) is 4.25. The molecule has 0 atom stereocenters. The fourth-order valence-corrected chi connectivity index (χ4v) is 3.29. The van der Waals surface area contributed by atoms with Crippen LogP contribution in [-0.2, 0) is 25.9 Å². The van der Waals surface area contributed by atoms with Gasteiger partial charge in [0, 0.05) is 30.9 Å². The molecule has 0 aromatic carbocycles. The van der Waals surface area contributed by atoms with Crippen molar-refractivity contribution in [1.29, 1.82) is 0 Å². The van der Waals surface area contributed by atoms with Gasteiger partial charge in [0.25, 0.3) is 0 Å². The summed E-state index contributed by atoms with van der Waals surface area (Å²) in [5.41, 5.74) is 0. The van der Waals surface area contributed by atoms with Crippen molar-refractivity contribution in [3.05, 3.63) is 34.0 Å². The van der Waals surface area contributed by atoms with E-state index in [0.717, 1.165) is 50.1 Å². The molecular weight excluding hydrogens is 296 g/mol. The average Bonchev–Trinajstić information content (AvgIpc) is 3.23. The molecular formula is C15H22N6S. The molecule has 22 heavy (non-hydrogen) atoms. The summed E-state index contributed by atoms with van der Waals surface area (Å²) in [7, 11) is 0. The Labute approximate surface area is 134 Å². The van der Waals surface area contributed by atoms with Crippen molar-refractivity contribution >= 4 is 17.3 Å². The van der Waals surface area contributed by atoms with E-state index in [1.54, 1.807) is 11.3 Å². The van der Waals surface area contributed by atoms with Gasteiger partial charge in [0.2, 0.25) is 0 Å². The van der Waals surface area contributed by atoms with Gasteiger partial charge in [-0.1, -0.05) is 6.07 Å². The fourth-order valence-electron chi connectivity index (χ4n) is 2.58. The molecule has 118 valence electrons. The van der Waals surface area contributed by atoms with E-state index in [1.165, 1.54) is 11.3 Å². The number of thiophene rings is 1. The van der Waals surface area contributed by atoms with Gasteiger partial charge >= 0.3 is 0 Å². The lowest BCUT2D eigenvalue weighted by atomic mass is 10.3. The number of aliphatic imine (C=N–C) groups is 1. The predicted molar refractivity (Wildman–Crippen MR) is 89.2 cm³/mol. The molecule has 2 aromatic heterocycles. The number of hydrogen-bond donors (Lipinski definition) is 2. The summed E-state index contributed by atoms with van der Waals surface area (Å²) in [5, 5.41) is 17.2. The minimum Gasteiger partial charge on any atom is -0.357 e. The molecule has 1 aliphatic heterocycles. The predicted octanol–water partition coefficient (Wildman–Crippen LogP) is 1.58. The molecule has 0 amide bonds. The van der Waals surface area contributed by atoms with Crippen molar-refractivity contribution in [3.8, 4) is 0 Å². The Hall–Kier alpha value is -1.89. The Morgan fingerprint density at radius 2 is 2.36 bits per heavy atom. The molecule has 2 aromatic rings. The quantitative estimate of drug-likeness (QED) is 0.627. The van der Waals surface area contributed by atoms with Crippen LogP contribution in [-0.4, -0.2) is 33.8 Å². The Morgan fingerprint density at radius 1 is 1.41 bits per heavy atom.